The van der Waals surface area contributed by atoms with Crippen molar-refractivity contribution < 1.29 is 14.9 Å². The fraction of sp³-hybridized carbons (Fsp3) is 0.111. The first kappa shape index (κ1) is 7.79. The van der Waals surface area contributed by atoms with Crippen LogP contribution >= 0.6 is 0 Å². The SMILES string of the molecule is COc1c(O)ccc2[nH]cc(O)c12. The highest BCUT2D eigenvalue weighted by atomic mass is 16.5. The summed E-state index contributed by atoms with van der Waals surface area (Å²) in [5.74, 6) is 0.379. The van der Waals surface area contributed by atoms with E-state index in [2.05, 4.69) is 4.98 Å². The molecule has 0 atom stereocenters. The fourth-order valence-corrected chi connectivity index (χ4v) is 1.37. The Morgan fingerprint density at radius 2 is 2.00 bits per heavy atom. The molecule has 3 N–H and O–H groups in total. The standard InChI is InChI=1S/C9H9NO3/c1-13-9-6(11)3-2-5-8(9)7(12)4-10-5/h2-4,10-12H,1H3. The van der Waals surface area contributed by atoms with E-state index in [1.54, 1.807) is 6.07 Å². The summed E-state index contributed by atoms with van der Waals surface area (Å²) in [6.07, 6.45) is 1.45. The van der Waals surface area contributed by atoms with Crippen LogP contribution in [0, 0.1) is 0 Å². The maximum atomic E-state index is 9.43. The van der Waals surface area contributed by atoms with Crippen LogP contribution in [0.2, 0.25) is 0 Å². The van der Waals surface area contributed by atoms with Crippen LogP contribution in [-0.4, -0.2) is 22.3 Å². The van der Waals surface area contributed by atoms with E-state index in [9.17, 15) is 10.2 Å². The highest BCUT2D eigenvalue weighted by Crippen LogP contribution is 2.39. The zero-order valence-electron chi connectivity index (χ0n) is 7.03. The predicted molar refractivity (Wildman–Crippen MR) is 48.2 cm³/mol. The van der Waals surface area contributed by atoms with Gasteiger partial charge < -0.3 is 19.9 Å². The number of methoxy groups -OCH3 is 1. The van der Waals surface area contributed by atoms with Crippen molar-refractivity contribution in [2.45, 2.75) is 0 Å². The summed E-state index contributed by atoms with van der Waals surface area (Å²) in [5, 5.41) is 19.3. The van der Waals surface area contributed by atoms with Crippen molar-refractivity contribution in [1.29, 1.82) is 0 Å². The minimum atomic E-state index is 0.0184. The van der Waals surface area contributed by atoms with Gasteiger partial charge in [0.1, 0.15) is 5.75 Å². The number of fused-ring (bicyclic) bond motifs is 1. The molecule has 4 nitrogen and oxygen atoms in total. The van der Waals surface area contributed by atoms with Crippen molar-refractivity contribution in [3.8, 4) is 17.2 Å². The largest absolute Gasteiger partial charge is 0.506 e. The molecule has 2 aromatic rings. The highest BCUT2D eigenvalue weighted by molar-refractivity contribution is 5.93. The van der Waals surface area contributed by atoms with E-state index in [0.717, 1.165) is 5.52 Å². The van der Waals surface area contributed by atoms with Crippen molar-refractivity contribution >= 4 is 10.9 Å². The fourth-order valence-electron chi connectivity index (χ4n) is 1.37. The third-order valence-electron chi connectivity index (χ3n) is 1.96. The van der Waals surface area contributed by atoms with Crippen LogP contribution in [0.5, 0.6) is 17.2 Å². The van der Waals surface area contributed by atoms with Crippen LogP contribution in [-0.2, 0) is 0 Å². The molecule has 1 aromatic heterocycles. The highest BCUT2D eigenvalue weighted by Gasteiger charge is 2.11. The van der Waals surface area contributed by atoms with Crippen LogP contribution in [0.1, 0.15) is 0 Å². The van der Waals surface area contributed by atoms with E-state index in [-0.39, 0.29) is 17.2 Å². The Hall–Kier alpha value is -1.84. The van der Waals surface area contributed by atoms with E-state index in [0.29, 0.717) is 5.39 Å². The van der Waals surface area contributed by atoms with Gasteiger partial charge >= 0.3 is 0 Å². The van der Waals surface area contributed by atoms with Crippen LogP contribution < -0.4 is 4.74 Å². The van der Waals surface area contributed by atoms with Gasteiger partial charge in [0.25, 0.3) is 0 Å². The third-order valence-corrected chi connectivity index (χ3v) is 1.96. The maximum absolute atomic E-state index is 9.43. The Kier molecular flexibility index (Phi) is 1.55. The number of hydrogen-bond acceptors (Lipinski definition) is 3. The lowest BCUT2D eigenvalue weighted by Crippen LogP contribution is -1.84. The molecule has 0 saturated carbocycles. The lowest BCUT2D eigenvalue weighted by atomic mass is 10.2. The summed E-state index contributed by atoms with van der Waals surface area (Å²) in [7, 11) is 1.45. The van der Waals surface area contributed by atoms with Crippen molar-refractivity contribution in [1.82, 2.24) is 4.98 Å². The Balaban J connectivity index is 2.88. The Bertz CT molecular complexity index is 447. The summed E-state index contributed by atoms with van der Waals surface area (Å²) in [5.41, 5.74) is 0.729. The maximum Gasteiger partial charge on any atom is 0.173 e. The molecule has 0 aliphatic heterocycles. The molecule has 0 saturated heterocycles. The molecule has 0 fully saturated rings. The second kappa shape index (κ2) is 2.58. The average molecular weight is 179 g/mol. The number of nitrogens with one attached hydrogen (secondary N) is 1. The molecule has 1 aromatic carbocycles. The van der Waals surface area contributed by atoms with Gasteiger partial charge in [-0.15, -0.1) is 0 Å². The number of benzene rings is 1. The molecule has 0 radical (unpaired) electrons. The number of hydrogen-bond donors (Lipinski definition) is 3. The molecule has 13 heavy (non-hydrogen) atoms. The number of aromatic hydroxyl groups is 2. The molecule has 0 amide bonds. The van der Waals surface area contributed by atoms with Gasteiger partial charge in [0.15, 0.2) is 11.5 Å². The first-order valence-corrected chi connectivity index (χ1v) is 3.80. The lowest BCUT2D eigenvalue weighted by molar-refractivity contribution is 0.376. The molecular formula is C9H9NO3. The molecule has 0 aliphatic carbocycles. The van der Waals surface area contributed by atoms with E-state index < -0.39 is 0 Å². The van der Waals surface area contributed by atoms with Gasteiger partial charge in [-0.3, -0.25) is 0 Å². The minimum absolute atomic E-state index is 0.0184. The monoisotopic (exact) mass is 179 g/mol. The summed E-state index contributed by atoms with van der Waals surface area (Å²) >= 11 is 0. The summed E-state index contributed by atoms with van der Waals surface area (Å²) < 4.78 is 4.97. The van der Waals surface area contributed by atoms with Crippen molar-refractivity contribution in [3.05, 3.63) is 18.3 Å². The predicted octanol–water partition coefficient (Wildman–Crippen LogP) is 1.59. The number of phenols is 1. The minimum Gasteiger partial charge on any atom is -0.506 e. The zero-order chi connectivity index (χ0) is 9.42. The van der Waals surface area contributed by atoms with E-state index in [1.807, 2.05) is 0 Å². The molecule has 0 unspecified atom stereocenters. The van der Waals surface area contributed by atoms with E-state index >= 15 is 0 Å². The number of aromatic nitrogens is 1. The Morgan fingerprint density at radius 3 is 2.69 bits per heavy atom. The number of rotatable bonds is 1. The third kappa shape index (κ3) is 0.989. The molecule has 1 heterocycles. The molecule has 0 spiro atoms. The van der Waals surface area contributed by atoms with Crippen molar-refractivity contribution in [2.24, 2.45) is 0 Å². The van der Waals surface area contributed by atoms with E-state index in [1.165, 1.54) is 19.4 Å². The number of ether oxygens (including phenoxy) is 1. The van der Waals surface area contributed by atoms with Crippen molar-refractivity contribution in [2.75, 3.05) is 7.11 Å². The van der Waals surface area contributed by atoms with Crippen LogP contribution in [0.15, 0.2) is 18.3 Å². The van der Waals surface area contributed by atoms with Crippen LogP contribution in [0.25, 0.3) is 10.9 Å². The van der Waals surface area contributed by atoms with Crippen LogP contribution in [0.4, 0.5) is 0 Å². The molecular weight excluding hydrogens is 170 g/mol. The smallest absolute Gasteiger partial charge is 0.173 e. The van der Waals surface area contributed by atoms with Gasteiger partial charge in [-0.25, -0.2) is 0 Å². The zero-order valence-corrected chi connectivity index (χ0v) is 7.03. The molecule has 68 valence electrons. The van der Waals surface area contributed by atoms with Gasteiger partial charge in [0, 0.05) is 6.20 Å². The van der Waals surface area contributed by atoms with Crippen LogP contribution in [0.3, 0.4) is 0 Å². The van der Waals surface area contributed by atoms with Crippen molar-refractivity contribution in [3.63, 3.8) is 0 Å². The second-order valence-electron chi connectivity index (χ2n) is 2.71. The van der Waals surface area contributed by atoms with Gasteiger partial charge in [0.05, 0.1) is 18.0 Å². The van der Waals surface area contributed by atoms with Gasteiger partial charge in [-0.1, -0.05) is 0 Å². The van der Waals surface area contributed by atoms with E-state index in [4.69, 9.17) is 4.74 Å². The summed E-state index contributed by atoms with van der Waals surface area (Å²) in [4.78, 5) is 2.85. The number of phenolic OH excluding ortho intramolecular Hbond substituents is 1. The Morgan fingerprint density at radius 1 is 1.23 bits per heavy atom. The molecule has 0 bridgehead atoms. The quantitative estimate of drug-likeness (QED) is 0.622. The second-order valence-corrected chi connectivity index (χ2v) is 2.71. The van der Waals surface area contributed by atoms with Gasteiger partial charge in [-0.05, 0) is 12.1 Å². The first-order valence-electron chi connectivity index (χ1n) is 3.80. The average Bonchev–Trinajstić information content (AvgIpc) is 2.49. The topological polar surface area (TPSA) is 65.5 Å². The summed E-state index contributed by atoms with van der Waals surface area (Å²) in [6.45, 7) is 0. The van der Waals surface area contributed by atoms with Gasteiger partial charge in [0.2, 0.25) is 0 Å². The number of H-pyrrole nitrogens is 1. The first-order chi connectivity index (χ1) is 6.24. The lowest BCUT2D eigenvalue weighted by Gasteiger charge is -2.04. The molecule has 2 rings (SSSR count). The summed E-state index contributed by atoms with van der Waals surface area (Å²) in [6, 6.07) is 3.18. The normalized spacial score (nSPS) is 10.5. The van der Waals surface area contributed by atoms with Gasteiger partial charge in [-0.2, -0.15) is 0 Å². The molecule has 4 heteroatoms. The molecule has 0 aliphatic rings. The Labute approximate surface area is 74.4 Å². The number of aromatic amines is 1.